The Bertz CT molecular complexity index is 626. The van der Waals surface area contributed by atoms with Gasteiger partial charge in [-0.25, -0.2) is 0 Å². The number of rotatable bonds is 5. The zero-order chi connectivity index (χ0) is 19.9. The van der Waals surface area contributed by atoms with Crippen LogP contribution in [0.15, 0.2) is 11.6 Å². The SMILES string of the molecule is COCOC[C@H]1C=C(C)[C@@H]2[C@H](C(=O)[C@@H]3[C@@H](C)C[C@@H](C)C[C@@]23C)[C@H]1C(=O)OC. The molecule has 27 heavy (non-hydrogen) atoms. The molecule has 0 aromatic rings. The van der Waals surface area contributed by atoms with Gasteiger partial charge in [-0.3, -0.25) is 9.59 Å². The van der Waals surface area contributed by atoms with Gasteiger partial charge in [-0.05, 0) is 42.9 Å². The van der Waals surface area contributed by atoms with Gasteiger partial charge >= 0.3 is 5.97 Å². The molecule has 0 unspecified atom stereocenters. The molecule has 0 radical (unpaired) electrons. The second kappa shape index (κ2) is 7.67. The van der Waals surface area contributed by atoms with Gasteiger partial charge in [0.15, 0.2) is 0 Å². The number of carbonyl (C=O) groups is 2. The third-order valence-electron chi connectivity index (χ3n) is 7.35. The third-order valence-corrected chi connectivity index (χ3v) is 7.35. The Kier molecular flexibility index (Phi) is 5.83. The maximum Gasteiger partial charge on any atom is 0.310 e. The van der Waals surface area contributed by atoms with Gasteiger partial charge in [-0.15, -0.1) is 0 Å². The standard InChI is InChI=1S/C22H34O5/c1-12-7-13(2)19-20(23)17-16(21(24)26-6)15(10-27-11-25-5)8-14(3)18(17)22(19,4)9-12/h8,12-13,15-19H,7,9-11H2,1-6H3/t12-,13+,15-,16+,17-,18-,19+,22+/m1/s1. The van der Waals surface area contributed by atoms with E-state index in [0.717, 1.165) is 12.8 Å². The number of ether oxygens (including phenoxy) is 3. The monoisotopic (exact) mass is 378 g/mol. The summed E-state index contributed by atoms with van der Waals surface area (Å²) in [5.41, 5.74) is 1.15. The Hall–Kier alpha value is -1.20. The number of methoxy groups -OCH3 is 2. The normalized spacial score (nSPS) is 43.7. The minimum Gasteiger partial charge on any atom is -0.469 e. The largest absolute Gasteiger partial charge is 0.469 e. The Balaban J connectivity index is 2.03. The molecule has 0 bridgehead atoms. The second-order valence-electron chi connectivity index (χ2n) is 9.31. The van der Waals surface area contributed by atoms with E-state index in [-0.39, 0.29) is 47.6 Å². The number of ketones is 1. The van der Waals surface area contributed by atoms with Crippen LogP contribution in [-0.4, -0.2) is 39.4 Å². The highest BCUT2D eigenvalue weighted by Crippen LogP contribution is 2.64. The van der Waals surface area contributed by atoms with E-state index in [1.165, 1.54) is 12.7 Å². The van der Waals surface area contributed by atoms with E-state index < -0.39 is 5.92 Å². The summed E-state index contributed by atoms with van der Waals surface area (Å²) in [6, 6.07) is 0. The molecule has 0 saturated heterocycles. The highest BCUT2D eigenvalue weighted by atomic mass is 16.7. The van der Waals surface area contributed by atoms with Crippen molar-refractivity contribution in [2.75, 3.05) is 27.6 Å². The van der Waals surface area contributed by atoms with Crippen LogP contribution < -0.4 is 0 Å². The molecule has 0 aliphatic heterocycles. The van der Waals surface area contributed by atoms with Gasteiger partial charge in [-0.1, -0.05) is 32.4 Å². The summed E-state index contributed by atoms with van der Waals surface area (Å²) in [5, 5.41) is 0. The van der Waals surface area contributed by atoms with Crippen molar-refractivity contribution in [3.05, 3.63) is 11.6 Å². The number of fused-ring (bicyclic) bond motifs is 3. The fraction of sp³-hybridized carbons (Fsp3) is 0.818. The Morgan fingerprint density at radius 1 is 1.26 bits per heavy atom. The highest BCUT2D eigenvalue weighted by molar-refractivity contribution is 5.93. The van der Waals surface area contributed by atoms with E-state index in [0.29, 0.717) is 18.4 Å². The number of carbonyl (C=O) groups excluding carboxylic acids is 2. The van der Waals surface area contributed by atoms with E-state index in [4.69, 9.17) is 14.2 Å². The number of hydrogen-bond acceptors (Lipinski definition) is 5. The Morgan fingerprint density at radius 2 is 1.96 bits per heavy atom. The molecule has 2 fully saturated rings. The van der Waals surface area contributed by atoms with Crippen molar-refractivity contribution in [2.45, 2.75) is 40.5 Å². The predicted octanol–water partition coefficient (Wildman–Crippen LogP) is 3.48. The molecule has 152 valence electrons. The second-order valence-corrected chi connectivity index (χ2v) is 9.31. The number of hydrogen-bond donors (Lipinski definition) is 0. The van der Waals surface area contributed by atoms with Crippen LogP contribution in [0.3, 0.4) is 0 Å². The smallest absolute Gasteiger partial charge is 0.310 e. The minimum atomic E-state index is -0.474. The number of esters is 1. The molecule has 3 rings (SSSR count). The van der Waals surface area contributed by atoms with Crippen LogP contribution in [0.5, 0.6) is 0 Å². The summed E-state index contributed by atoms with van der Waals surface area (Å²) >= 11 is 0. The number of allylic oxidation sites excluding steroid dienone is 1. The molecule has 5 nitrogen and oxygen atoms in total. The van der Waals surface area contributed by atoms with Crippen molar-refractivity contribution >= 4 is 11.8 Å². The lowest BCUT2D eigenvalue weighted by molar-refractivity contribution is -0.154. The van der Waals surface area contributed by atoms with Gasteiger partial charge in [0.25, 0.3) is 0 Å². The summed E-state index contributed by atoms with van der Waals surface area (Å²) in [4.78, 5) is 26.4. The average Bonchev–Trinajstić information content (AvgIpc) is 2.82. The molecule has 0 amide bonds. The Labute approximate surface area is 162 Å². The first kappa shape index (κ1) is 20.5. The van der Waals surface area contributed by atoms with E-state index in [1.807, 2.05) is 0 Å². The van der Waals surface area contributed by atoms with Crippen molar-refractivity contribution in [1.29, 1.82) is 0 Å². The van der Waals surface area contributed by atoms with Crippen molar-refractivity contribution in [1.82, 2.24) is 0 Å². The number of Topliss-reactive ketones (excluding diaryl/α,β-unsaturated/α-hetero) is 1. The van der Waals surface area contributed by atoms with Gasteiger partial charge in [0.1, 0.15) is 12.6 Å². The van der Waals surface area contributed by atoms with E-state index >= 15 is 0 Å². The lowest BCUT2D eigenvalue weighted by Gasteiger charge is -2.47. The van der Waals surface area contributed by atoms with Crippen LogP contribution in [-0.2, 0) is 23.8 Å². The molecule has 5 heteroatoms. The molecular formula is C22H34O5. The first-order chi connectivity index (χ1) is 12.8. The maximum absolute atomic E-state index is 13.6. The van der Waals surface area contributed by atoms with Crippen molar-refractivity contribution in [2.24, 2.45) is 46.8 Å². The van der Waals surface area contributed by atoms with Crippen LogP contribution in [0.4, 0.5) is 0 Å². The van der Waals surface area contributed by atoms with Crippen molar-refractivity contribution in [3.63, 3.8) is 0 Å². The summed E-state index contributed by atoms with van der Waals surface area (Å²) in [6.45, 7) is 9.43. The average molecular weight is 379 g/mol. The van der Waals surface area contributed by atoms with Gasteiger partial charge in [-0.2, -0.15) is 0 Å². The molecule has 2 saturated carbocycles. The van der Waals surface area contributed by atoms with Crippen LogP contribution in [0, 0.1) is 46.8 Å². The van der Waals surface area contributed by atoms with Crippen LogP contribution in [0.1, 0.15) is 40.5 Å². The first-order valence-electron chi connectivity index (χ1n) is 10.1. The maximum atomic E-state index is 13.6. The summed E-state index contributed by atoms with van der Waals surface area (Å²) in [7, 11) is 2.98. The lowest BCUT2D eigenvalue weighted by Crippen LogP contribution is -2.44. The lowest BCUT2D eigenvalue weighted by atomic mass is 9.56. The fourth-order valence-corrected chi connectivity index (χ4v) is 6.97. The zero-order valence-electron chi connectivity index (χ0n) is 17.5. The molecule has 0 aromatic carbocycles. The topological polar surface area (TPSA) is 61.8 Å². The van der Waals surface area contributed by atoms with Crippen molar-refractivity contribution < 1.29 is 23.8 Å². The van der Waals surface area contributed by atoms with Crippen LogP contribution in [0.2, 0.25) is 0 Å². The molecule has 0 heterocycles. The van der Waals surface area contributed by atoms with Gasteiger partial charge in [0, 0.05) is 24.9 Å². The molecular weight excluding hydrogens is 344 g/mol. The highest BCUT2D eigenvalue weighted by Gasteiger charge is 2.65. The van der Waals surface area contributed by atoms with E-state index in [9.17, 15) is 9.59 Å². The molecule has 3 aliphatic carbocycles. The molecule has 8 atom stereocenters. The summed E-state index contributed by atoms with van der Waals surface area (Å²) in [5.74, 6) is 0.123. The first-order valence-corrected chi connectivity index (χ1v) is 10.1. The van der Waals surface area contributed by atoms with E-state index in [2.05, 4.69) is 33.8 Å². The zero-order valence-corrected chi connectivity index (χ0v) is 17.5. The van der Waals surface area contributed by atoms with Gasteiger partial charge in [0.05, 0.1) is 19.6 Å². The summed E-state index contributed by atoms with van der Waals surface area (Å²) < 4.78 is 15.7. The van der Waals surface area contributed by atoms with Crippen LogP contribution >= 0.6 is 0 Å². The van der Waals surface area contributed by atoms with Crippen LogP contribution in [0.25, 0.3) is 0 Å². The minimum absolute atomic E-state index is 0.0258. The predicted molar refractivity (Wildman–Crippen MR) is 102 cm³/mol. The van der Waals surface area contributed by atoms with Gasteiger partial charge in [0.2, 0.25) is 0 Å². The molecule has 0 aromatic heterocycles. The fourth-order valence-electron chi connectivity index (χ4n) is 6.97. The van der Waals surface area contributed by atoms with E-state index in [1.54, 1.807) is 7.11 Å². The Morgan fingerprint density at radius 3 is 2.59 bits per heavy atom. The summed E-state index contributed by atoms with van der Waals surface area (Å²) in [6.07, 6.45) is 4.28. The van der Waals surface area contributed by atoms with Gasteiger partial charge < -0.3 is 14.2 Å². The molecule has 3 aliphatic rings. The quantitative estimate of drug-likeness (QED) is 0.317. The third kappa shape index (κ3) is 3.27. The van der Waals surface area contributed by atoms with Crippen molar-refractivity contribution in [3.8, 4) is 0 Å². The molecule has 0 N–H and O–H groups in total. The molecule has 0 spiro atoms.